The quantitative estimate of drug-likeness (QED) is 0.549. The van der Waals surface area contributed by atoms with Crippen molar-refractivity contribution in [2.75, 3.05) is 0 Å². The van der Waals surface area contributed by atoms with E-state index in [4.69, 9.17) is 11.1 Å². The monoisotopic (exact) mass is 242 g/mol. The molecule has 70 valence electrons. The second-order valence-corrected chi connectivity index (χ2v) is 3.49. The van der Waals surface area contributed by atoms with Crippen molar-refractivity contribution in [3.8, 4) is 5.75 Å². The van der Waals surface area contributed by atoms with Gasteiger partial charge in [0.2, 0.25) is 0 Å². The highest BCUT2D eigenvalue weighted by Gasteiger charge is 2.10. The van der Waals surface area contributed by atoms with E-state index in [0.717, 1.165) is 12.0 Å². The summed E-state index contributed by atoms with van der Waals surface area (Å²) < 4.78 is 0.628. The van der Waals surface area contributed by atoms with E-state index >= 15 is 0 Å². The Morgan fingerprint density at radius 2 is 2.23 bits per heavy atom. The molecule has 0 bridgehead atoms. The van der Waals surface area contributed by atoms with E-state index in [1.807, 2.05) is 6.92 Å². The predicted octanol–water partition coefficient (Wildman–Crippen LogP) is 2.00. The molecule has 1 aromatic carbocycles. The number of nitrogen functional groups attached to an aromatic ring is 1. The Labute approximate surface area is 85.2 Å². The standard InChI is InChI=1S/C9H11BrN2O/c1-2-5-6(9(11)12)3-4-7(13)8(5)10/h3-4,13H,2H2,1H3,(H3,11,12). The van der Waals surface area contributed by atoms with Gasteiger partial charge in [-0.2, -0.15) is 0 Å². The van der Waals surface area contributed by atoms with E-state index in [1.54, 1.807) is 6.07 Å². The molecule has 0 saturated heterocycles. The molecule has 0 heterocycles. The summed E-state index contributed by atoms with van der Waals surface area (Å²) in [6.07, 6.45) is 0.726. The van der Waals surface area contributed by atoms with E-state index in [2.05, 4.69) is 15.9 Å². The molecule has 0 atom stereocenters. The topological polar surface area (TPSA) is 70.1 Å². The molecule has 0 aliphatic carbocycles. The van der Waals surface area contributed by atoms with Crippen LogP contribution in [0.25, 0.3) is 0 Å². The molecule has 0 spiro atoms. The number of halogens is 1. The maximum Gasteiger partial charge on any atom is 0.130 e. The van der Waals surface area contributed by atoms with Gasteiger partial charge in [-0.3, -0.25) is 5.41 Å². The molecule has 1 rings (SSSR count). The molecule has 0 aliphatic heterocycles. The van der Waals surface area contributed by atoms with Crippen LogP contribution < -0.4 is 5.73 Å². The van der Waals surface area contributed by atoms with Gasteiger partial charge < -0.3 is 10.8 Å². The molecule has 4 N–H and O–H groups in total. The first-order valence-electron chi connectivity index (χ1n) is 3.92. The lowest BCUT2D eigenvalue weighted by atomic mass is 10.0. The number of hydrogen-bond acceptors (Lipinski definition) is 2. The minimum absolute atomic E-state index is 0.0255. The molecule has 13 heavy (non-hydrogen) atoms. The van der Waals surface area contributed by atoms with Crippen LogP contribution >= 0.6 is 15.9 Å². The number of nitrogens with one attached hydrogen (secondary N) is 1. The van der Waals surface area contributed by atoms with E-state index < -0.39 is 0 Å². The SMILES string of the molecule is CCc1c(C(=N)N)ccc(O)c1Br. The van der Waals surface area contributed by atoms with Crippen LogP contribution in [0.1, 0.15) is 18.1 Å². The van der Waals surface area contributed by atoms with Crippen LogP contribution in [0, 0.1) is 5.41 Å². The number of nitrogens with two attached hydrogens (primary N) is 1. The van der Waals surface area contributed by atoms with Gasteiger partial charge in [0.1, 0.15) is 11.6 Å². The van der Waals surface area contributed by atoms with Crippen LogP contribution in [0.5, 0.6) is 5.75 Å². The Morgan fingerprint density at radius 1 is 1.62 bits per heavy atom. The summed E-state index contributed by atoms with van der Waals surface area (Å²) in [7, 11) is 0. The van der Waals surface area contributed by atoms with Crippen LogP contribution in [0.3, 0.4) is 0 Å². The number of phenols is 1. The second-order valence-electron chi connectivity index (χ2n) is 2.69. The number of rotatable bonds is 2. The zero-order chi connectivity index (χ0) is 10.0. The smallest absolute Gasteiger partial charge is 0.130 e. The summed E-state index contributed by atoms with van der Waals surface area (Å²) in [5.41, 5.74) is 6.93. The number of phenolic OH excluding ortho intramolecular Hbond substituents is 1. The lowest BCUT2D eigenvalue weighted by Crippen LogP contribution is -2.13. The highest BCUT2D eigenvalue weighted by atomic mass is 79.9. The third kappa shape index (κ3) is 1.83. The summed E-state index contributed by atoms with van der Waals surface area (Å²) in [5.74, 6) is 0.208. The normalized spacial score (nSPS) is 10.0. The first-order valence-corrected chi connectivity index (χ1v) is 4.72. The van der Waals surface area contributed by atoms with Crippen molar-refractivity contribution >= 4 is 21.8 Å². The third-order valence-electron chi connectivity index (χ3n) is 1.87. The van der Waals surface area contributed by atoms with E-state index in [9.17, 15) is 5.11 Å². The van der Waals surface area contributed by atoms with Crippen molar-refractivity contribution in [3.05, 3.63) is 27.7 Å². The second kappa shape index (κ2) is 3.79. The van der Waals surface area contributed by atoms with Crippen LogP contribution in [0.2, 0.25) is 0 Å². The molecule has 0 amide bonds. The molecule has 1 aromatic rings. The summed E-state index contributed by atoms with van der Waals surface area (Å²) in [6, 6.07) is 3.18. The average Bonchev–Trinajstić information content (AvgIpc) is 2.09. The fraction of sp³-hybridized carbons (Fsp3) is 0.222. The Hall–Kier alpha value is -1.03. The van der Waals surface area contributed by atoms with Crippen molar-refractivity contribution in [1.29, 1.82) is 5.41 Å². The molecule has 0 aromatic heterocycles. The lowest BCUT2D eigenvalue weighted by Gasteiger charge is -2.09. The van der Waals surface area contributed by atoms with Gasteiger partial charge in [0.05, 0.1) is 4.47 Å². The summed E-state index contributed by atoms with van der Waals surface area (Å²) in [5, 5.41) is 16.7. The van der Waals surface area contributed by atoms with Crippen LogP contribution in [0.4, 0.5) is 0 Å². The Kier molecular flexibility index (Phi) is 2.93. The Morgan fingerprint density at radius 3 is 2.69 bits per heavy atom. The fourth-order valence-electron chi connectivity index (χ4n) is 1.21. The largest absolute Gasteiger partial charge is 0.507 e. The average molecular weight is 243 g/mol. The minimum Gasteiger partial charge on any atom is -0.507 e. The summed E-state index contributed by atoms with van der Waals surface area (Å²) in [6.45, 7) is 1.95. The third-order valence-corrected chi connectivity index (χ3v) is 2.75. The van der Waals surface area contributed by atoms with E-state index in [-0.39, 0.29) is 11.6 Å². The zero-order valence-electron chi connectivity index (χ0n) is 7.26. The molecule has 0 saturated carbocycles. The molecule has 0 aliphatic rings. The molecule has 0 unspecified atom stereocenters. The van der Waals surface area contributed by atoms with Crippen molar-refractivity contribution in [2.24, 2.45) is 5.73 Å². The first kappa shape index (κ1) is 10.1. The highest BCUT2D eigenvalue weighted by Crippen LogP contribution is 2.30. The first-order chi connectivity index (χ1) is 6.07. The fourth-order valence-corrected chi connectivity index (χ4v) is 1.83. The highest BCUT2D eigenvalue weighted by molar-refractivity contribution is 9.10. The Bertz CT molecular complexity index is 350. The molecule has 3 nitrogen and oxygen atoms in total. The van der Waals surface area contributed by atoms with Gasteiger partial charge in [0.15, 0.2) is 0 Å². The van der Waals surface area contributed by atoms with Gasteiger partial charge >= 0.3 is 0 Å². The van der Waals surface area contributed by atoms with Crippen molar-refractivity contribution < 1.29 is 5.11 Å². The van der Waals surface area contributed by atoms with Crippen LogP contribution in [-0.4, -0.2) is 10.9 Å². The van der Waals surface area contributed by atoms with Crippen LogP contribution in [-0.2, 0) is 6.42 Å². The van der Waals surface area contributed by atoms with Crippen molar-refractivity contribution in [1.82, 2.24) is 0 Å². The predicted molar refractivity (Wildman–Crippen MR) is 56.2 cm³/mol. The van der Waals surface area contributed by atoms with Gasteiger partial charge in [0.25, 0.3) is 0 Å². The van der Waals surface area contributed by atoms with E-state index in [1.165, 1.54) is 6.07 Å². The molecule has 4 heteroatoms. The maximum absolute atomic E-state index is 9.38. The number of hydrogen-bond donors (Lipinski definition) is 3. The molecule has 0 fully saturated rings. The van der Waals surface area contributed by atoms with Crippen molar-refractivity contribution in [2.45, 2.75) is 13.3 Å². The summed E-state index contributed by atoms with van der Waals surface area (Å²) in [4.78, 5) is 0. The molecular formula is C9H11BrN2O. The minimum atomic E-state index is 0.0255. The van der Waals surface area contributed by atoms with Gasteiger partial charge in [0, 0.05) is 5.56 Å². The number of amidine groups is 1. The van der Waals surface area contributed by atoms with Gasteiger partial charge in [-0.25, -0.2) is 0 Å². The summed E-state index contributed by atoms with van der Waals surface area (Å²) >= 11 is 3.26. The van der Waals surface area contributed by atoms with Gasteiger partial charge in [-0.1, -0.05) is 6.92 Å². The number of benzene rings is 1. The van der Waals surface area contributed by atoms with E-state index in [0.29, 0.717) is 10.0 Å². The Balaban J connectivity index is 3.38. The molecule has 0 radical (unpaired) electrons. The van der Waals surface area contributed by atoms with Gasteiger partial charge in [-0.15, -0.1) is 0 Å². The molecular weight excluding hydrogens is 232 g/mol. The van der Waals surface area contributed by atoms with Crippen molar-refractivity contribution in [3.63, 3.8) is 0 Å². The zero-order valence-corrected chi connectivity index (χ0v) is 8.85. The van der Waals surface area contributed by atoms with Crippen LogP contribution in [0.15, 0.2) is 16.6 Å². The van der Waals surface area contributed by atoms with Gasteiger partial charge in [-0.05, 0) is 40.0 Å². The number of aromatic hydroxyl groups is 1. The lowest BCUT2D eigenvalue weighted by molar-refractivity contribution is 0.471. The maximum atomic E-state index is 9.38.